The van der Waals surface area contributed by atoms with Crippen LogP contribution < -0.4 is 9.50 Å². The summed E-state index contributed by atoms with van der Waals surface area (Å²) in [6, 6.07) is 13.3. The van der Waals surface area contributed by atoms with Gasteiger partial charge in [0, 0.05) is 39.1 Å². The van der Waals surface area contributed by atoms with Crippen LogP contribution in [0.25, 0.3) is 0 Å². The molecule has 1 saturated heterocycles. The lowest BCUT2D eigenvalue weighted by atomic mass is 9.87. The van der Waals surface area contributed by atoms with E-state index in [1.54, 1.807) is 30.0 Å². The van der Waals surface area contributed by atoms with Gasteiger partial charge < -0.3 is 19.3 Å². The van der Waals surface area contributed by atoms with Crippen molar-refractivity contribution in [2.75, 3.05) is 20.6 Å². The van der Waals surface area contributed by atoms with Crippen LogP contribution >= 0.6 is 23.6 Å². The second-order valence-corrected chi connectivity index (χ2v) is 10.2. The van der Waals surface area contributed by atoms with E-state index in [9.17, 15) is 14.0 Å². The SMILES string of the molecule is CC(C)NC(C(=O)N(C)C)C1CCN(Cc2ccc(F)c(Cl)c2)C(=O)C1SOc1ccccc1. The van der Waals surface area contributed by atoms with E-state index < -0.39 is 17.1 Å². The number of nitrogens with one attached hydrogen (secondary N) is 1. The lowest BCUT2D eigenvalue weighted by molar-refractivity contribution is -0.138. The minimum atomic E-state index is -0.606. The maximum Gasteiger partial charge on any atom is 0.239 e. The first kappa shape index (κ1) is 26.3. The van der Waals surface area contributed by atoms with E-state index in [2.05, 4.69) is 5.32 Å². The molecule has 3 atom stereocenters. The van der Waals surface area contributed by atoms with Gasteiger partial charge in [-0.3, -0.25) is 9.59 Å². The van der Waals surface area contributed by atoms with Crippen molar-refractivity contribution in [3.8, 4) is 5.75 Å². The Kier molecular flexibility index (Phi) is 9.22. The molecule has 0 radical (unpaired) electrons. The van der Waals surface area contributed by atoms with Crippen molar-refractivity contribution >= 4 is 35.5 Å². The number of hydrogen-bond acceptors (Lipinski definition) is 5. The molecule has 9 heteroatoms. The van der Waals surface area contributed by atoms with E-state index in [4.69, 9.17) is 15.8 Å². The molecule has 1 aliphatic heterocycles. The van der Waals surface area contributed by atoms with Crippen LogP contribution in [0.3, 0.4) is 0 Å². The molecule has 0 aromatic heterocycles. The third-order valence-corrected chi connectivity index (χ3v) is 7.01. The molecule has 1 heterocycles. The first-order valence-corrected chi connectivity index (χ1v) is 12.4. The first-order chi connectivity index (χ1) is 16.2. The molecule has 34 heavy (non-hydrogen) atoms. The average Bonchev–Trinajstić information content (AvgIpc) is 2.80. The van der Waals surface area contributed by atoms with E-state index in [1.807, 2.05) is 44.2 Å². The summed E-state index contributed by atoms with van der Waals surface area (Å²) in [4.78, 5) is 30.0. The van der Waals surface area contributed by atoms with Gasteiger partial charge in [0.15, 0.2) is 0 Å². The standard InChI is InChI=1S/C25H31ClFN3O3S/c1-16(2)28-22(24(31)29(3)4)19-12-13-30(15-17-10-11-21(27)20(26)14-17)25(32)23(19)34-33-18-8-6-5-7-9-18/h5-11,14,16,19,22-23,28H,12-13,15H2,1-4H3. The smallest absolute Gasteiger partial charge is 0.239 e. The highest BCUT2D eigenvalue weighted by Crippen LogP contribution is 2.34. The van der Waals surface area contributed by atoms with Gasteiger partial charge in [-0.25, -0.2) is 4.39 Å². The van der Waals surface area contributed by atoms with E-state index in [-0.39, 0.29) is 28.8 Å². The topological polar surface area (TPSA) is 61.9 Å². The maximum absolute atomic E-state index is 13.7. The van der Waals surface area contributed by atoms with Crippen molar-refractivity contribution in [1.82, 2.24) is 15.1 Å². The molecule has 0 aliphatic carbocycles. The summed E-state index contributed by atoms with van der Waals surface area (Å²) in [6.07, 6.45) is 0.612. The van der Waals surface area contributed by atoms with Gasteiger partial charge >= 0.3 is 0 Å². The van der Waals surface area contributed by atoms with Crippen molar-refractivity contribution < 1.29 is 18.2 Å². The van der Waals surface area contributed by atoms with Gasteiger partial charge in [0.2, 0.25) is 11.8 Å². The molecule has 0 saturated carbocycles. The van der Waals surface area contributed by atoms with Crippen LogP contribution in [0.5, 0.6) is 5.75 Å². The summed E-state index contributed by atoms with van der Waals surface area (Å²) in [5.41, 5.74) is 0.743. The highest BCUT2D eigenvalue weighted by atomic mass is 35.5. The summed E-state index contributed by atoms with van der Waals surface area (Å²) < 4.78 is 19.5. The molecular formula is C25H31ClFN3O3S. The summed E-state index contributed by atoms with van der Waals surface area (Å²) in [5, 5.41) is 2.79. The van der Waals surface area contributed by atoms with Crippen LogP contribution in [0.15, 0.2) is 48.5 Å². The number of amides is 2. The summed E-state index contributed by atoms with van der Waals surface area (Å²) >= 11 is 7.02. The molecule has 0 bridgehead atoms. The summed E-state index contributed by atoms with van der Waals surface area (Å²) in [6.45, 7) is 4.73. The molecule has 1 aliphatic rings. The Bertz CT molecular complexity index is 993. The van der Waals surface area contributed by atoms with Gasteiger partial charge in [-0.05, 0) is 36.2 Å². The van der Waals surface area contributed by atoms with Gasteiger partial charge in [0.25, 0.3) is 0 Å². The Morgan fingerprint density at radius 1 is 1.26 bits per heavy atom. The molecule has 3 rings (SSSR count). The molecule has 3 unspecified atom stereocenters. The Morgan fingerprint density at radius 3 is 2.59 bits per heavy atom. The quantitative estimate of drug-likeness (QED) is 0.510. The van der Waals surface area contributed by atoms with Crippen LogP contribution in [0, 0.1) is 11.7 Å². The Balaban J connectivity index is 1.86. The zero-order valence-corrected chi connectivity index (χ0v) is 21.4. The van der Waals surface area contributed by atoms with E-state index in [0.717, 1.165) is 17.6 Å². The number of halogens is 2. The molecular weight excluding hydrogens is 477 g/mol. The van der Waals surface area contributed by atoms with E-state index in [0.29, 0.717) is 25.3 Å². The van der Waals surface area contributed by atoms with Gasteiger partial charge in [-0.2, -0.15) is 0 Å². The number of benzene rings is 2. The Hall–Kier alpha value is -2.29. The number of nitrogens with zero attached hydrogens (tertiary/aromatic N) is 2. The number of rotatable bonds is 9. The fourth-order valence-corrected chi connectivity index (χ4v) is 5.19. The van der Waals surface area contributed by atoms with E-state index >= 15 is 0 Å². The fourth-order valence-electron chi connectivity index (χ4n) is 4.00. The largest absolute Gasteiger partial charge is 0.425 e. The minimum Gasteiger partial charge on any atom is -0.425 e. The average molecular weight is 508 g/mol. The monoisotopic (exact) mass is 507 g/mol. The molecule has 2 amide bonds. The van der Waals surface area contributed by atoms with Crippen molar-refractivity contribution in [2.24, 2.45) is 5.92 Å². The van der Waals surface area contributed by atoms with Crippen LogP contribution in [-0.2, 0) is 16.1 Å². The molecule has 1 N–H and O–H groups in total. The van der Waals surface area contributed by atoms with Crippen LogP contribution in [0.4, 0.5) is 4.39 Å². The van der Waals surface area contributed by atoms with Crippen molar-refractivity contribution in [1.29, 1.82) is 0 Å². The molecule has 1 fully saturated rings. The third kappa shape index (κ3) is 6.64. The van der Waals surface area contributed by atoms with Gasteiger partial charge in [0.05, 0.1) is 23.1 Å². The summed E-state index contributed by atoms with van der Waals surface area (Å²) in [5.74, 6) is -0.333. The van der Waals surface area contributed by atoms with Crippen molar-refractivity contribution in [3.05, 3.63) is 64.9 Å². The van der Waals surface area contributed by atoms with Gasteiger partial charge in [-0.15, -0.1) is 0 Å². The normalized spacial score (nSPS) is 19.3. The number of piperidine rings is 1. The predicted octanol–water partition coefficient (Wildman–Crippen LogP) is 4.38. The van der Waals surface area contributed by atoms with Crippen LogP contribution in [0.2, 0.25) is 5.02 Å². The first-order valence-electron chi connectivity index (χ1n) is 11.3. The highest BCUT2D eigenvalue weighted by molar-refractivity contribution is 7.96. The molecule has 2 aromatic carbocycles. The van der Waals surface area contributed by atoms with E-state index in [1.165, 1.54) is 12.1 Å². The highest BCUT2D eigenvalue weighted by Gasteiger charge is 2.45. The number of likely N-dealkylation sites (N-methyl/N-ethyl adjacent to an activating group) is 1. The second-order valence-electron chi connectivity index (χ2n) is 8.91. The van der Waals surface area contributed by atoms with Crippen LogP contribution in [-0.4, -0.2) is 59.6 Å². The second kappa shape index (κ2) is 11.9. The number of para-hydroxylation sites is 1. The number of carbonyl (C=O) groups excluding carboxylic acids is 2. The maximum atomic E-state index is 13.7. The van der Waals surface area contributed by atoms with Crippen LogP contribution in [0.1, 0.15) is 25.8 Å². The van der Waals surface area contributed by atoms with Crippen molar-refractivity contribution in [3.63, 3.8) is 0 Å². The number of carbonyl (C=O) groups is 2. The van der Waals surface area contributed by atoms with Gasteiger partial charge in [0.1, 0.15) is 16.8 Å². The molecule has 6 nitrogen and oxygen atoms in total. The number of hydrogen-bond donors (Lipinski definition) is 1. The lowest BCUT2D eigenvalue weighted by Crippen LogP contribution is -2.58. The molecule has 184 valence electrons. The Labute approximate surface area is 210 Å². The molecule has 2 aromatic rings. The number of likely N-dealkylation sites (tertiary alicyclic amines) is 1. The lowest BCUT2D eigenvalue weighted by Gasteiger charge is -2.41. The Morgan fingerprint density at radius 2 is 1.97 bits per heavy atom. The zero-order chi connectivity index (χ0) is 24.8. The minimum absolute atomic E-state index is 0.0240. The summed E-state index contributed by atoms with van der Waals surface area (Å²) in [7, 11) is 3.43. The fraction of sp³-hybridized carbons (Fsp3) is 0.440. The molecule has 0 spiro atoms. The van der Waals surface area contributed by atoms with Gasteiger partial charge in [-0.1, -0.05) is 49.7 Å². The predicted molar refractivity (Wildman–Crippen MR) is 134 cm³/mol. The zero-order valence-electron chi connectivity index (χ0n) is 19.8. The third-order valence-electron chi connectivity index (χ3n) is 5.67. The van der Waals surface area contributed by atoms with Crippen molar-refractivity contribution in [2.45, 2.75) is 44.1 Å².